The Morgan fingerprint density at radius 1 is 1.06 bits per heavy atom. The molecule has 1 amide bonds. The summed E-state index contributed by atoms with van der Waals surface area (Å²) < 4.78 is 14.3. The lowest BCUT2D eigenvalue weighted by atomic mass is 10.1. The molecule has 0 radical (unpaired) electrons. The highest BCUT2D eigenvalue weighted by Crippen LogP contribution is 2.28. The zero-order valence-electron chi connectivity index (χ0n) is 20.2. The Labute approximate surface area is 203 Å². The maximum atomic E-state index is 12.9. The molecule has 0 fully saturated rings. The highest BCUT2D eigenvalue weighted by Gasteiger charge is 2.13. The van der Waals surface area contributed by atoms with Crippen LogP contribution in [0.4, 0.5) is 0 Å². The summed E-state index contributed by atoms with van der Waals surface area (Å²) in [5, 5.41) is 7.63. The predicted molar refractivity (Wildman–Crippen MR) is 133 cm³/mol. The first-order valence-electron chi connectivity index (χ1n) is 11.6. The number of hydrogen-bond acceptors (Lipinski definition) is 6. The Bertz CT molecular complexity index is 1390. The Hall–Kier alpha value is -4.14. The molecule has 4 rings (SSSR count). The van der Waals surface area contributed by atoms with Crippen LogP contribution in [-0.2, 0) is 13.1 Å². The minimum atomic E-state index is -0.237. The van der Waals surface area contributed by atoms with E-state index in [1.807, 2.05) is 45.0 Å². The van der Waals surface area contributed by atoms with E-state index in [1.165, 1.54) is 6.20 Å². The van der Waals surface area contributed by atoms with Crippen molar-refractivity contribution in [2.24, 2.45) is 0 Å². The van der Waals surface area contributed by atoms with Crippen LogP contribution >= 0.6 is 0 Å². The van der Waals surface area contributed by atoms with Gasteiger partial charge in [0.05, 0.1) is 32.5 Å². The van der Waals surface area contributed by atoms with Gasteiger partial charge in [-0.25, -0.2) is 9.67 Å². The molecule has 0 aliphatic heterocycles. The van der Waals surface area contributed by atoms with Gasteiger partial charge in [-0.05, 0) is 44.5 Å². The monoisotopic (exact) mass is 475 g/mol. The molecular weight excluding hydrogens is 446 g/mol. The minimum absolute atomic E-state index is 0.148. The fraction of sp³-hybridized carbons (Fsp3) is 0.308. The van der Waals surface area contributed by atoms with Gasteiger partial charge in [0.25, 0.3) is 11.5 Å². The second kappa shape index (κ2) is 10.9. The Morgan fingerprint density at radius 2 is 1.86 bits per heavy atom. The molecule has 0 aliphatic carbocycles. The molecule has 0 spiro atoms. The van der Waals surface area contributed by atoms with Gasteiger partial charge >= 0.3 is 0 Å². The van der Waals surface area contributed by atoms with Crippen LogP contribution in [0.1, 0.15) is 35.3 Å². The van der Waals surface area contributed by atoms with Crippen LogP contribution in [0.5, 0.6) is 11.5 Å². The summed E-state index contributed by atoms with van der Waals surface area (Å²) in [6.07, 6.45) is 3.07. The fourth-order valence-corrected chi connectivity index (χ4v) is 3.85. The maximum absolute atomic E-state index is 12.9. The highest BCUT2D eigenvalue weighted by molar-refractivity contribution is 5.94. The molecule has 35 heavy (non-hydrogen) atoms. The van der Waals surface area contributed by atoms with E-state index in [2.05, 4.69) is 15.4 Å². The number of fused-ring (bicyclic) bond motifs is 1. The van der Waals surface area contributed by atoms with Crippen LogP contribution in [0, 0.1) is 6.92 Å². The Kier molecular flexibility index (Phi) is 7.45. The number of amides is 1. The normalized spacial score (nSPS) is 10.9. The molecule has 2 aromatic heterocycles. The van der Waals surface area contributed by atoms with Gasteiger partial charge in [-0.3, -0.25) is 14.2 Å². The third-order valence-corrected chi connectivity index (χ3v) is 5.47. The van der Waals surface area contributed by atoms with Crippen LogP contribution in [0.25, 0.3) is 11.0 Å². The van der Waals surface area contributed by atoms with Crippen molar-refractivity contribution in [1.29, 1.82) is 0 Å². The number of aryl methyl sites for hydroxylation is 1. The van der Waals surface area contributed by atoms with Crippen LogP contribution in [-0.4, -0.2) is 45.0 Å². The fourth-order valence-electron chi connectivity index (χ4n) is 3.85. The van der Waals surface area contributed by atoms with Crippen LogP contribution in [0.15, 0.2) is 59.8 Å². The number of benzene rings is 2. The third-order valence-electron chi connectivity index (χ3n) is 5.47. The first-order valence-corrected chi connectivity index (χ1v) is 11.6. The van der Waals surface area contributed by atoms with E-state index < -0.39 is 0 Å². The topological polar surface area (TPSA) is 100 Å². The number of carbonyl (C=O) groups is 1. The molecule has 2 aromatic carbocycles. The summed E-state index contributed by atoms with van der Waals surface area (Å²) in [7, 11) is 0. The zero-order chi connectivity index (χ0) is 24.8. The molecule has 0 bridgehead atoms. The molecule has 0 aliphatic rings. The summed E-state index contributed by atoms with van der Waals surface area (Å²) in [6, 6.07) is 13.1. The molecular formula is C26H29N5O4. The minimum Gasteiger partial charge on any atom is -0.490 e. The number of carbonyl (C=O) groups excluding carboxylic acids is 1. The van der Waals surface area contributed by atoms with Gasteiger partial charge in [-0.2, -0.15) is 5.10 Å². The van der Waals surface area contributed by atoms with Gasteiger partial charge in [-0.1, -0.05) is 29.8 Å². The maximum Gasteiger partial charge on any atom is 0.264 e. The van der Waals surface area contributed by atoms with Crippen molar-refractivity contribution >= 4 is 16.9 Å². The van der Waals surface area contributed by atoms with Gasteiger partial charge < -0.3 is 14.8 Å². The SMILES string of the molecule is CCOc1ccc(C(=O)NCCn2ncc3c(=O)n(Cc4cccc(C)c4)cnc32)cc1OCC. The van der Waals surface area contributed by atoms with Gasteiger partial charge in [0.2, 0.25) is 0 Å². The number of rotatable bonds is 10. The first-order chi connectivity index (χ1) is 17.0. The van der Waals surface area contributed by atoms with E-state index in [4.69, 9.17) is 9.47 Å². The van der Waals surface area contributed by atoms with Crippen molar-refractivity contribution in [3.8, 4) is 11.5 Å². The smallest absolute Gasteiger partial charge is 0.264 e. The number of hydrogen-bond donors (Lipinski definition) is 1. The predicted octanol–water partition coefficient (Wildman–Crippen LogP) is 3.18. The number of ether oxygens (including phenoxy) is 2. The van der Waals surface area contributed by atoms with E-state index in [1.54, 1.807) is 33.8 Å². The van der Waals surface area contributed by atoms with Gasteiger partial charge in [0, 0.05) is 12.1 Å². The van der Waals surface area contributed by atoms with E-state index in [0.717, 1.165) is 11.1 Å². The lowest BCUT2D eigenvalue weighted by Crippen LogP contribution is -2.28. The Balaban J connectivity index is 1.42. The summed E-state index contributed by atoms with van der Waals surface area (Å²) in [4.78, 5) is 30.0. The lowest BCUT2D eigenvalue weighted by Gasteiger charge is -2.12. The van der Waals surface area contributed by atoms with Crippen molar-refractivity contribution in [1.82, 2.24) is 24.6 Å². The first kappa shape index (κ1) is 24.0. The molecule has 182 valence electrons. The molecule has 4 aromatic rings. The number of nitrogens with one attached hydrogen (secondary N) is 1. The van der Waals surface area contributed by atoms with Crippen LogP contribution < -0.4 is 20.3 Å². The zero-order valence-corrected chi connectivity index (χ0v) is 20.2. The van der Waals surface area contributed by atoms with E-state index in [-0.39, 0.29) is 11.5 Å². The molecule has 0 saturated carbocycles. The molecule has 0 unspecified atom stereocenters. The molecule has 9 nitrogen and oxygen atoms in total. The van der Waals surface area contributed by atoms with Crippen molar-refractivity contribution in [2.45, 2.75) is 33.9 Å². The van der Waals surface area contributed by atoms with Crippen LogP contribution in [0.2, 0.25) is 0 Å². The van der Waals surface area contributed by atoms with Crippen molar-refractivity contribution in [2.75, 3.05) is 19.8 Å². The highest BCUT2D eigenvalue weighted by atomic mass is 16.5. The second-order valence-electron chi connectivity index (χ2n) is 8.06. The number of aromatic nitrogens is 4. The average Bonchev–Trinajstić information content (AvgIpc) is 3.26. The average molecular weight is 476 g/mol. The third kappa shape index (κ3) is 5.51. The second-order valence-corrected chi connectivity index (χ2v) is 8.06. The van der Waals surface area contributed by atoms with Gasteiger partial charge in [0.1, 0.15) is 11.7 Å². The summed E-state index contributed by atoms with van der Waals surface area (Å²) in [5.74, 6) is 0.901. The lowest BCUT2D eigenvalue weighted by molar-refractivity contribution is 0.0951. The quantitative estimate of drug-likeness (QED) is 0.378. The van der Waals surface area contributed by atoms with E-state index >= 15 is 0 Å². The molecule has 0 atom stereocenters. The number of nitrogens with zero attached hydrogens (tertiary/aromatic N) is 4. The van der Waals surface area contributed by atoms with Crippen molar-refractivity contribution in [3.05, 3.63) is 82.0 Å². The molecule has 0 saturated heterocycles. The summed E-state index contributed by atoms with van der Waals surface area (Å²) >= 11 is 0. The van der Waals surface area contributed by atoms with E-state index in [0.29, 0.717) is 60.9 Å². The van der Waals surface area contributed by atoms with E-state index in [9.17, 15) is 9.59 Å². The summed E-state index contributed by atoms with van der Waals surface area (Å²) in [6.45, 7) is 7.90. The standard InChI is InChI=1S/C26H29N5O4/c1-4-34-22-10-9-20(14-23(22)35-5-2)25(32)27-11-12-31-24-21(15-29-31)26(33)30(17-28-24)16-19-8-6-7-18(3)13-19/h6-10,13-15,17H,4-5,11-12,16H2,1-3H3,(H,27,32). The van der Waals surface area contributed by atoms with Gasteiger partial charge in [-0.15, -0.1) is 0 Å². The van der Waals surface area contributed by atoms with Crippen molar-refractivity contribution in [3.63, 3.8) is 0 Å². The van der Waals surface area contributed by atoms with Gasteiger partial charge in [0.15, 0.2) is 17.1 Å². The molecule has 2 heterocycles. The molecule has 9 heteroatoms. The van der Waals surface area contributed by atoms with Crippen LogP contribution in [0.3, 0.4) is 0 Å². The molecule has 1 N–H and O–H groups in total. The largest absolute Gasteiger partial charge is 0.490 e. The Morgan fingerprint density at radius 3 is 2.63 bits per heavy atom. The van der Waals surface area contributed by atoms with Crippen molar-refractivity contribution < 1.29 is 14.3 Å². The summed E-state index contributed by atoms with van der Waals surface area (Å²) in [5.41, 5.74) is 2.98.